The van der Waals surface area contributed by atoms with Crippen molar-refractivity contribution in [1.82, 2.24) is 9.97 Å². The van der Waals surface area contributed by atoms with E-state index in [-0.39, 0.29) is 62.1 Å². The Morgan fingerprint density at radius 2 is 1.25 bits per heavy atom. The summed E-state index contributed by atoms with van der Waals surface area (Å²) >= 11 is 0. The van der Waals surface area contributed by atoms with E-state index in [0.29, 0.717) is 28.1 Å². The fourth-order valence-electron chi connectivity index (χ4n) is 4.05. The van der Waals surface area contributed by atoms with Crippen molar-refractivity contribution in [2.75, 3.05) is 20.8 Å². The molecule has 4 N–H and O–H groups in total. The molecule has 0 bridgehead atoms. The Morgan fingerprint density at radius 3 is 1.75 bits per heavy atom. The van der Waals surface area contributed by atoms with Gasteiger partial charge in [0.15, 0.2) is 0 Å². The number of hydrogen-bond donors (Lipinski definition) is 4. The third kappa shape index (κ3) is 6.74. The minimum absolute atomic E-state index is 0.00112. The summed E-state index contributed by atoms with van der Waals surface area (Å²) in [4.78, 5) is 65.2. The lowest BCUT2D eigenvalue weighted by Gasteiger charge is -2.09. The average Bonchev–Trinajstić information content (AvgIpc) is 3.33. The molecule has 2 aromatic heterocycles. The number of aromatic nitrogens is 2. The number of H-pyrrole nitrogens is 2. The molecule has 12 heteroatoms. The average molecular weight is 507 g/mol. The highest BCUT2D eigenvalue weighted by atomic mass is 16.5. The second kappa shape index (κ2) is 12.6. The number of aromatic amines is 2. The van der Waals surface area contributed by atoms with Crippen molar-refractivity contribution < 1.29 is 48.4 Å². The predicted octanol–water partition coefficient (Wildman–Crippen LogP) is 1.96. The summed E-state index contributed by atoms with van der Waals surface area (Å²) < 4.78 is 14.4. The lowest BCUT2D eigenvalue weighted by molar-refractivity contribution is -0.142. The number of carboxylic acids is 2. The van der Waals surface area contributed by atoms with Crippen LogP contribution in [0.5, 0.6) is 0 Å². The van der Waals surface area contributed by atoms with Gasteiger partial charge in [-0.1, -0.05) is 0 Å². The van der Waals surface area contributed by atoms with Crippen molar-refractivity contribution in [1.29, 1.82) is 0 Å². The topological polar surface area (TPSA) is 185 Å². The first-order chi connectivity index (χ1) is 17.0. The van der Waals surface area contributed by atoms with E-state index >= 15 is 0 Å². The fourth-order valence-corrected chi connectivity index (χ4v) is 4.05. The molecule has 2 rings (SSSR count). The van der Waals surface area contributed by atoms with Crippen LogP contribution in [0.2, 0.25) is 0 Å². The molecule has 0 aliphatic rings. The summed E-state index contributed by atoms with van der Waals surface area (Å²) in [6.45, 7) is 3.37. The molecule has 0 aliphatic heterocycles. The molecular weight excluding hydrogens is 476 g/mol. The van der Waals surface area contributed by atoms with Gasteiger partial charge in [0.2, 0.25) is 0 Å². The number of hydrogen-bond acceptors (Lipinski definition) is 8. The molecule has 0 aromatic carbocycles. The van der Waals surface area contributed by atoms with Crippen molar-refractivity contribution in [2.45, 2.75) is 52.4 Å². The summed E-state index contributed by atoms with van der Waals surface area (Å²) in [6.07, 6.45) is -0.166. The van der Waals surface area contributed by atoms with E-state index in [0.717, 1.165) is 0 Å². The quantitative estimate of drug-likeness (QED) is 0.231. The monoisotopic (exact) mass is 506 g/mol. The van der Waals surface area contributed by atoms with E-state index in [1.165, 1.54) is 14.2 Å². The molecule has 0 fully saturated rings. The van der Waals surface area contributed by atoms with Crippen LogP contribution in [0.3, 0.4) is 0 Å². The smallest absolute Gasteiger partial charge is 0.352 e. The third-order valence-corrected chi connectivity index (χ3v) is 5.80. The maximum atomic E-state index is 12.4. The van der Waals surface area contributed by atoms with Crippen LogP contribution < -0.4 is 0 Å². The van der Waals surface area contributed by atoms with Crippen molar-refractivity contribution in [3.8, 4) is 0 Å². The van der Waals surface area contributed by atoms with Crippen LogP contribution >= 0.6 is 0 Å². The zero-order valence-electron chi connectivity index (χ0n) is 20.6. The van der Waals surface area contributed by atoms with Gasteiger partial charge < -0.3 is 34.4 Å². The molecule has 0 atom stereocenters. The number of carbonyl (C=O) groups is 5. The van der Waals surface area contributed by atoms with Gasteiger partial charge in [0, 0.05) is 30.7 Å². The van der Waals surface area contributed by atoms with Crippen LogP contribution in [0.15, 0.2) is 0 Å². The van der Waals surface area contributed by atoms with Gasteiger partial charge in [0.05, 0.1) is 27.2 Å². The largest absolute Gasteiger partial charge is 0.477 e. The standard InChI is InChI=1S/C24H30N2O10/c1-5-36-20(29)10-15-14(7-9-19(28)35-4)22(24(32)33)26-17(15)11-16-13(6-8-18(27)34-3)12(2)21(25-16)23(30)31/h25-26H,5-11H2,1-4H3,(H,30,31)(H,32,33). The molecule has 0 amide bonds. The SMILES string of the molecule is CCOC(=O)Cc1c(Cc2[nH]c(C(=O)O)c(C)c2CCC(=O)OC)[nH]c(C(=O)O)c1CCC(=O)OC. The predicted molar refractivity (Wildman–Crippen MR) is 124 cm³/mol. The Morgan fingerprint density at radius 1 is 0.750 bits per heavy atom. The summed E-state index contributed by atoms with van der Waals surface area (Å²) in [6, 6.07) is 0. The minimum Gasteiger partial charge on any atom is -0.477 e. The Bertz CT molecular complexity index is 1160. The highest BCUT2D eigenvalue weighted by Crippen LogP contribution is 2.28. The summed E-state index contributed by atoms with van der Waals surface area (Å²) in [7, 11) is 2.46. The first-order valence-electron chi connectivity index (χ1n) is 11.2. The zero-order valence-corrected chi connectivity index (χ0v) is 20.6. The van der Waals surface area contributed by atoms with Crippen LogP contribution in [0.25, 0.3) is 0 Å². The van der Waals surface area contributed by atoms with Gasteiger partial charge in [-0.3, -0.25) is 14.4 Å². The van der Waals surface area contributed by atoms with E-state index in [2.05, 4.69) is 19.4 Å². The summed E-state index contributed by atoms with van der Waals surface area (Å²) in [5, 5.41) is 19.4. The van der Waals surface area contributed by atoms with Crippen molar-refractivity contribution >= 4 is 29.8 Å². The van der Waals surface area contributed by atoms with E-state index in [9.17, 15) is 34.2 Å². The second-order valence-corrected chi connectivity index (χ2v) is 7.94. The van der Waals surface area contributed by atoms with Gasteiger partial charge >= 0.3 is 29.8 Å². The van der Waals surface area contributed by atoms with E-state index in [1.54, 1.807) is 13.8 Å². The molecule has 2 aromatic rings. The molecule has 2 heterocycles. The van der Waals surface area contributed by atoms with Crippen LogP contribution in [-0.4, -0.2) is 70.9 Å². The summed E-state index contributed by atoms with van der Waals surface area (Å²) in [5.41, 5.74) is 2.14. The Balaban J connectivity index is 2.60. The van der Waals surface area contributed by atoms with E-state index < -0.39 is 29.8 Å². The van der Waals surface area contributed by atoms with Gasteiger partial charge in [-0.2, -0.15) is 0 Å². The molecule has 0 saturated carbocycles. The van der Waals surface area contributed by atoms with Crippen molar-refractivity contribution in [2.24, 2.45) is 0 Å². The van der Waals surface area contributed by atoms with Crippen LogP contribution in [0.4, 0.5) is 0 Å². The molecule has 12 nitrogen and oxygen atoms in total. The Kier molecular flexibility index (Phi) is 9.83. The Labute approximate surface area is 206 Å². The normalized spacial score (nSPS) is 10.7. The number of ether oxygens (including phenoxy) is 3. The van der Waals surface area contributed by atoms with Gasteiger partial charge in [-0.05, 0) is 48.9 Å². The molecule has 36 heavy (non-hydrogen) atoms. The van der Waals surface area contributed by atoms with Gasteiger partial charge in [0.1, 0.15) is 11.4 Å². The highest BCUT2D eigenvalue weighted by molar-refractivity contribution is 5.90. The van der Waals surface area contributed by atoms with Crippen molar-refractivity contribution in [3.63, 3.8) is 0 Å². The first kappa shape index (κ1) is 28.1. The Hall–Kier alpha value is -4.09. The number of aromatic carboxylic acids is 2. The number of nitrogens with one attached hydrogen (secondary N) is 2. The van der Waals surface area contributed by atoms with Gasteiger partial charge in [-0.25, -0.2) is 9.59 Å². The number of esters is 3. The number of carboxylic acid groups (broad SMARTS) is 2. The molecule has 0 spiro atoms. The maximum Gasteiger partial charge on any atom is 0.352 e. The zero-order chi connectivity index (χ0) is 27.0. The fraction of sp³-hybridized carbons (Fsp3) is 0.458. The van der Waals surface area contributed by atoms with Crippen LogP contribution in [0, 0.1) is 6.92 Å². The lowest BCUT2D eigenvalue weighted by atomic mass is 9.97. The minimum atomic E-state index is -1.29. The van der Waals surface area contributed by atoms with Gasteiger partial charge in [-0.15, -0.1) is 0 Å². The molecular formula is C24H30N2O10. The molecule has 0 aliphatic carbocycles. The van der Waals surface area contributed by atoms with E-state index in [1.807, 2.05) is 0 Å². The highest BCUT2D eigenvalue weighted by Gasteiger charge is 2.27. The summed E-state index contributed by atoms with van der Waals surface area (Å²) in [5.74, 6) is -4.09. The lowest BCUT2D eigenvalue weighted by Crippen LogP contribution is -2.12. The molecule has 0 unspecified atom stereocenters. The number of rotatable bonds is 13. The number of methoxy groups -OCH3 is 2. The maximum absolute atomic E-state index is 12.4. The van der Waals surface area contributed by atoms with E-state index in [4.69, 9.17) is 4.74 Å². The van der Waals surface area contributed by atoms with Crippen LogP contribution in [0.1, 0.15) is 74.4 Å². The third-order valence-electron chi connectivity index (χ3n) is 5.80. The molecule has 0 saturated heterocycles. The first-order valence-corrected chi connectivity index (χ1v) is 11.2. The van der Waals surface area contributed by atoms with Crippen LogP contribution in [-0.2, 0) is 54.3 Å². The second-order valence-electron chi connectivity index (χ2n) is 7.94. The molecule has 196 valence electrons. The van der Waals surface area contributed by atoms with Crippen molar-refractivity contribution in [3.05, 3.63) is 45.0 Å². The number of carbonyl (C=O) groups excluding carboxylic acids is 3. The van der Waals surface area contributed by atoms with Gasteiger partial charge in [0.25, 0.3) is 0 Å². The molecule has 0 radical (unpaired) electrons.